The summed E-state index contributed by atoms with van der Waals surface area (Å²) in [5, 5.41) is 6.71. The Hall–Kier alpha value is -1.95. The van der Waals surface area contributed by atoms with Crippen molar-refractivity contribution in [3.63, 3.8) is 0 Å². The fourth-order valence-corrected chi connectivity index (χ4v) is 1.46. The number of carbonyl (C=O) groups is 1. The molecule has 2 aromatic heterocycles. The van der Waals surface area contributed by atoms with Crippen molar-refractivity contribution >= 4 is 23.3 Å². The normalized spacial score (nSPS) is 10.3. The number of anilines is 1. The molecule has 0 saturated heterocycles. The average molecular weight is 252 g/mol. The maximum absolute atomic E-state index is 11.9. The topological polar surface area (TPSA) is 72.7 Å². The summed E-state index contributed by atoms with van der Waals surface area (Å²) in [6, 6.07) is 1.56. The molecule has 17 heavy (non-hydrogen) atoms. The molecular formula is C10H10ClN5O. The van der Waals surface area contributed by atoms with Crippen LogP contribution in [0.3, 0.4) is 0 Å². The highest BCUT2D eigenvalue weighted by Gasteiger charge is 2.13. The minimum atomic E-state index is -0.273. The number of aryl methyl sites for hydroxylation is 1. The summed E-state index contributed by atoms with van der Waals surface area (Å²) < 4.78 is 1.63. The molecule has 1 N–H and O–H groups in total. The standard InChI is InChI=1S/C10H10ClN5O/c1-6-7(5-13-16(6)2)9(17)14-8-3-4-12-10(11)15-8/h3-5H,1-2H3,(H,12,14,15,17). The van der Waals surface area contributed by atoms with Gasteiger partial charge in [0, 0.05) is 18.9 Å². The van der Waals surface area contributed by atoms with E-state index >= 15 is 0 Å². The van der Waals surface area contributed by atoms with Crippen LogP contribution in [-0.4, -0.2) is 25.7 Å². The van der Waals surface area contributed by atoms with E-state index in [1.54, 1.807) is 17.8 Å². The van der Waals surface area contributed by atoms with Crippen LogP contribution in [0.25, 0.3) is 0 Å². The van der Waals surface area contributed by atoms with Gasteiger partial charge in [0.2, 0.25) is 5.28 Å². The quantitative estimate of drug-likeness (QED) is 0.820. The van der Waals surface area contributed by atoms with Crippen LogP contribution in [0, 0.1) is 6.92 Å². The maximum Gasteiger partial charge on any atom is 0.260 e. The van der Waals surface area contributed by atoms with Crippen LogP contribution in [0.15, 0.2) is 18.5 Å². The molecule has 2 aromatic rings. The molecule has 2 rings (SSSR count). The van der Waals surface area contributed by atoms with E-state index in [0.29, 0.717) is 11.4 Å². The van der Waals surface area contributed by atoms with Gasteiger partial charge < -0.3 is 5.32 Å². The lowest BCUT2D eigenvalue weighted by Crippen LogP contribution is -2.14. The molecule has 0 fully saturated rings. The van der Waals surface area contributed by atoms with Crippen LogP contribution in [0.4, 0.5) is 5.82 Å². The van der Waals surface area contributed by atoms with Crippen molar-refractivity contribution in [3.8, 4) is 0 Å². The number of carbonyl (C=O) groups excluding carboxylic acids is 1. The summed E-state index contributed by atoms with van der Waals surface area (Å²) in [5.41, 5.74) is 1.28. The Morgan fingerprint density at radius 3 is 2.88 bits per heavy atom. The molecule has 7 heteroatoms. The minimum Gasteiger partial charge on any atom is -0.306 e. The van der Waals surface area contributed by atoms with Crippen molar-refractivity contribution in [2.24, 2.45) is 7.05 Å². The van der Waals surface area contributed by atoms with Gasteiger partial charge in [-0.1, -0.05) is 0 Å². The van der Waals surface area contributed by atoms with E-state index in [2.05, 4.69) is 20.4 Å². The number of rotatable bonds is 2. The Bertz CT molecular complexity index is 566. The molecule has 6 nitrogen and oxygen atoms in total. The molecule has 0 bridgehead atoms. The summed E-state index contributed by atoms with van der Waals surface area (Å²) in [4.78, 5) is 19.5. The second kappa shape index (κ2) is 4.50. The molecule has 0 aromatic carbocycles. The van der Waals surface area contributed by atoms with Gasteiger partial charge in [-0.05, 0) is 24.6 Å². The van der Waals surface area contributed by atoms with Crippen LogP contribution < -0.4 is 5.32 Å². The lowest BCUT2D eigenvalue weighted by Gasteiger charge is -2.03. The second-order valence-corrected chi connectivity index (χ2v) is 3.77. The van der Waals surface area contributed by atoms with E-state index in [1.807, 2.05) is 6.92 Å². The third-order valence-corrected chi connectivity index (χ3v) is 2.53. The van der Waals surface area contributed by atoms with Crippen molar-refractivity contribution < 1.29 is 4.79 Å². The zero-order valence-corrected chi connectivity index (χ0v) is 10.1. The van der Waals surface area contributed by atoms with Gasteiger partial charge in [0.25, 0.3) is 5.91 Å². The lowest BCUT2D eigenvalue weighted by molar-refractivity contribution is 0.102. The van der Waals surface area contributed by atoms with Crippen LogP contribution >= 0.6 is 11.6 Å². The summed E-state index contributed by atoms with van der Waals surface area (Å²) in [6.07, 6.45) is 2.98. The number of nitrogens with zero attached hydrogens (tertiary/aromatic N) is 4. The molecule has 88 valence electrons. The summed E-state index contributed by atoms with van der Waals surface area (Å²) in [6.45, 7) is 1.81. The van der Waals surface area contributed by atoms with E-state index in [1.165, 1.54) is 12.4 Å². The highest BCUT2D eigenvalue weighted by molar-refractivity contribution is 6.28. The smallest absolute Gasteiger partial charge is 0.260 e. The number of halogens is 1. The molecule has 2 heterocycles. The fraction of sp³-hybridized carbons (Fsp3) is 0.200. The molecule has 0 saturated carbocycles. The van der Waals surface area contributed by atoms with Crippen molar-refractivity contribution in [2.75, 3.05) is 5.32 Å². The number of hydrogen-bond donors (Lipinski definition) is 1. The lowest BCUT2D eigenvalue weighted by atomic mass is 10.2. The third kappa shape index (κ3) is 2.42. The van der Waals surface area contributed by atoms with Gasteiger partial charge in [-0.15, -0.1) is 0 Å². The Morgan fingerprint density at radius 1 is 1.53 bits per heavy atom. The van der Waals surface area contributed by atoms with Crippen molar-refractivity contribution in [2.45, 2.75) is 6.92 Å². The first-order valence-electron chi connectivity index (χ1n) is 4.86. The van der Waals surface area contributed by atoms with Gasteiger partial charge in [0.15, 0.2) is 0 Å². The van der Waals surface area contributed by atoms with Gasteiger partial charge in [0.1, 0.15) is 5.82 Å². The largest absolute Gasteiger partial charge is 0.306 e. The molecule has 0 unspecified atom stereocenters. The van der Waals surface area contributed by atoms with Gasteiger partial charge in [-0.2, -0.15) is 5.10 Å². The van der Waals surface area contributed by atoms with Crippen molar-refractivity contribution in [3.05, 3.63) is 35.0 Å². The SMILES string of the molecule is Cc1c(C(=O)Nc2ccnc(Cl)n2)cnn1C. The Balaban J connectivity index is 2.20. The molecule has 0 spiro atoms. The highest BCUT2D eigenvalue weighted by atomic mass is 35.5. The zero-order chi connectivity index (χ0) is 12.4. The van der Waals surface area contributed by atoms with Crippen molar-refractivity contribution in [1.82, 2.24) is 19.7 Å². The Kier molecular flexibility index (Phi) is 3.06. The summed E-state index contributed by atoms with van der Waals surface area (Å²) in [5.74, 6) is 0.0867. The van der Waals surface area contributed by atoms with Crippen LogP contribution in [0.1, 0.15) is 16.1 Å². The first kappa shape index (κ1) is 11.5. The average Bonchev–Trinajstić information content (AvgIpc) is 2.60. The van der Waals surface area contributed by atoms with Crippen LogP contribution in [-0.2, 0) is 7.05 Å². The van der Waals surface area contributed by atoms with Gasteiger partial charge in [-0.3, -0.25) is 9.48 Å². The molecule has 0 aliphatic rings. The number of aromatic nitrogens is 4. The molecule has 0 aliphatic carbocycles. The molecule has 0 atom stereocenters. The third-order valence-electron chi connectivity index (χ3n) is 2.35. The van der Waals surface area contributed by atoms with E-state index < -0.39 is 0 Å². The highest BCUT2D eigenvalue weighted by Crippen LogP contribution is 2.10. The number of amides is 1. The fourth-order valence-electron chi connectivity index (χ4n) is 1.31. The van der Waals surface area contributed by atoms with E-state index in [-0.39, 0.29) is 11.2 Å². The Morgan fingerprint density at radius 2 is 2.29 bits per heavy atom. The first-order chi connectivity index (χ1) is 8.08. The molecule has 1 amide bonds. The Labute approximate surface area is 103 Å². The first-order valence-corrected chi connectivity index (χ1v) is 5.24. The van der Waals surface area contributed by atoms with E-state index in [4.69, 9.17) is 11.6 Å². The van der Waals surface area contributed by atoms with Crippen LogP contribution in [0.2, 0.25) is 5.28 Å². The van der Waals surface area contributed by atoms with E-state index in [0.717, 1.165) is 5.69 Å². The number of hydrogen-bond acceptors (Lipinski definition) is 4. The maximum atomic E-state index is 11.9. The van der Waals surface area contributed by atoms with Gasteiger partial charge >= 0.3 is 0 Å². The zero-order valence-electron chi connectivity index (χ0n) is 9.31. The van der Waals surface area contributed by atoms with E-state index in [9.17, 15) is 4.79 Å². The molecule has 0 aliphatic heterocycles. The molecule has 0 radical (unpaired) electrons. The van der Waals surface area contributed by atoms with Crippen molar-refractivity contribution in [1.29, 1.82) is 0 Å². The minimum absolute atomic E-state index is 0.0886. The van der Waals surface area contributed by atoms with Crippen LogP contribution in [0.5, 0.6) is 0 Å². The second-order valence-electron chi connectivity index (χ2n) is 3.43. The van der Waals surface area contributed by atoms with Gasteiger partial charge in [0.05, 0.1) is 11.8 Å². The summed E-state index contributed by atoms with van der Waals surface area (Å²) in [7, 11) is 1.77. The molecular weight excluding hydrogens is 242 g/mol. The monoisotopic (exact) mass is 251 g/mol. The van der Waals surface area contributed by atoms with Gasteiger partial charge in [-0.25, -0.2) is 9.97 Å². The predicted molar refractivity (Wildman–Crippen MR) is 62.9 cm³/mol. The number of nitrogens with one attached hydrogen (secondary N) is 1. The summed E-state index contributed by atoms with van der Waals surface area (Å²) >= 11 is 5.62. The predicted octanol–water partition coefficient (Wildman–Crippen LogP) is 1.42.